The number of hydrogen-bond acceptors (Lipinski definition) is 1. The van der Waals surface area contributed by atoms with E-state index in [0.717, 1.165) is 11.3 Å². The van der Waals surface area contributed by atoms with E-state index in [9.17, 15) is 0 Å². The molecule has 3 N–H and O–H groups in total. The van der Waals surface area contributed by atoms with Crippen LogP contribution < -0.4 is 5.73 Å². The molecule has 0 saturated carbocycles. The Kier molecular flexibility index (Phi) is 1.68. The van der Waals surface area contributed by atoms with Crippen LogP contribution in [0.15, 0.2) is 40.9 Å². The Balaban J connectivity index is 2.25. The van der Waals surface area contributed by atoms with Crippen LogP contribution in [0.5, 0.6) is 0 Å². The summed E-state index contributed by atoms with van der Waals surface area (Å²) < 4.78 is 0. The lowest BCUT2D eigenvalue weighted by molar-refractivity contribution is -0.305. The lowest BCUT2D eigenvalue weighted by Crippen LogP contribution is -2.43. The Hall–Kier alpha value is -1.54. The number of rotatable bonds is 1. The SMILES string of the molecule is [NH3+][CH-]C=C1[CH-]N=C2C=CC=C[C-]12. The number of aliphatic imine (C=N–C) groups is 1. The summed E-state index contributed by atoms with van der Waals surface area (Å²) in [5.74, 6) is 1.19. The highest BCUT2D eigenvalue weighted by Gasteiger charge is 1.95. The zero-order valence-corrected chi connectivity index (χ0v) is 6.70. The fourth-order valence-corrected chi connectivity index (χ4v) is 1.30. The fourth-order valence-electron chi connectivity index (χ4n) is 1.30. The highest BCUT2D eigenvalue weighted by atomic mass is 14.8. The minimum Gasteiger partial charge on any atom is -0.483 e. The topological polar surface area (TPSA) is 40.0 Å². The first-order valence-corrected chi connectivity index (χ1v) is 3.88. The molecule has 0 aromatic carbocycles. The summed E-state index contributed by atoms with van der Waals surface area (Å²) in [6.07, 6.45) is 10.1. The first kappa shape index (κ1) is 7.13. The minimum atomic E-state index is 1.05. The summed E-state index contributed by atoms with van der Waals surface area (Å²) in [6, 6.07) is 0. The molecule has 2 heteroatoms. The summed E-state index contributed by atoms with van der Waals surface area (Å²) >= 11 is 0. The summed E-state index contributed by atoms with van der Waals surface area (Å²) in [4.78, 5) is 4.26. The molecule has 0 unspecified atom stereocenters. The molecular weight excluding hydrogens is 148 g/mol. The van der Waals surface area contributed by atoms with Crippen LogP contribution in [0.2, 0.25) is 0 Å². The number of fused-ring (bicyclic) bond motifs is 1. The van der Waals surface area contributed by atoms with Crippen molar-refractivity contribution in [2.24, 2.45) is 4.99 Å². The van der Waals surface area contributed by atoms with Crippen molar-refractivity contribution in [1.82, 2.24) is 0 Å². The Bertz CT molecular complexity index is 295. The number of hydrogen-bond donors (Lipinski definition) is 1. The van der Waals surface area contributed by atoms with Crippen LogP contribution in [0.3, 0.4) is 0 Å². The van der Waals surface area contributed by atoms with Gasteiger partial charge in [-0.15, -0.1) is 12.6 Å². The van der Waals surface area contributed by atoms with Gasteiger partial charge in [-0.1, -0.05) is 12.2 Å². The van der Waals surface area contributed by atoms with E-state index in [-0.39, 0.29) is 0 Å². The Morgan fingerprint density at radius 3 is 3.33 bits per heavy atom. The molecule has 0 amide bonds. The molecule has 0 bridgehead atoms. The van der Waals surface area contributed by atoms with Gasteiger partial charge in [0.05, 0.1) is 0 Å². The van der Waals surface area contributed by atoms with Crippen LogP contribution in [-0.2, 0) is 0 Å². The van der Waals surface area contributed by atoms with E-state index < -0.39 is 0 Å². The van der Waals surface area contributed by atoms with E-state index >= 15 is 0 Å². The van der Waals surface area contributed by atoms with Gasteiger partial charge < -0.3 is 28.3 Å². The second-order valence-corrected chi connectivity index (χ2v) is 2.63. The van der Waals surface area contributed by atoms with Gasteiger partial charge in [0.15, 0.2) is 0 Å². The van der Waals surface area contributed by atoms with E-state index in [1.54, 1.807) is 6.54 Å². The average molecular weight is 158 g/mol. The van der Waals surface area contributed by atoms with Crippen LogP contribution in [0.1, 0.15) is 0 Å². The molecule has 0 fully saturated rings. The van der Waals surface area contributed by atoms with E-state index in [1.807, 2.05) is 30.8 Å². The molecule has 2 aliphatic rings. The zero-order chi connectivity index (χ0) is 8.39. The van der Waals surface area contributed by atoms with Gasteiger partial charge in [-0.3, -0.25) is 0 Å². The molecular formula is C10H10N2-2. The average Bonchev–Trinajstić information content (AvgIpc) is 2.50. The Labute approximate surface area is 72.2 Å². The van der Waals surface area contributed by atoms with Crippen LogP contribution in [-0.4, -0.2) is 5.71 Å². The third-order valence-electron chi connectivity index (χ3n) is 1.86. The number of nitrogens with zero attached hydrogens (tertiary/aromatic N) is 1. The molecule has 62 valence electrons. The van der Waals surface area contributed by atoms with Gasteiger partial charge in [0.25, 0.3) is 0 Å². The summed E-state index contributed by atoms with van der Waals surface area (Å²) in [5.41, 5.74) is 5.85. The van der Waals surface area contributed by atoms with E-state index in [4.69, 9.17) is 0 Å². The van der Waals surface area contributed by atoms with Crippen LogP contribution in [0, 0.1) is 19.0 Å². The molecule has 0 saturated heterocycles. The molecule has 0 radical (unpaired) electrons. The van der Waals surface area contributed by atoms with E-state index in [1.165, 1.54) is 5.92 Å². The maximum Gasteiger partial charge on any atom is -0.0811 e. The number of allylic oxidation sites excluding steroid dienone is 4. The van der Waals surface area contributed by atoms with Crippen LogP contribution in [0.25, 0.3) is 0 Å². The second kappa shape index (κ2) is 2.83. The van der Waals surface area contributed by atoms with Crippen molar-refractivity contribution in [3.05, 3.63) is 55.0 Å². The van der Waals surface area contributed by atoms with Crippen molar-refractivity contribution in [2.75, 3.05) is 0 Å². The smallest absolute Gasteiger partial charge is 0.0811 e. The maximum atomic E-state index is 4.26. The Morgan fingerprint density at radius 2 is 2.50 bits per heavy atom. The first-order valence-electron chi connectivity index (χ1n) is 3.88. The second-order valence-electron chi connectivity index (χ2n) is 2.63. The molecule has 0 aromatic rings. The van der Waals surface area contributed by atoms with Crippen molar-refractivity contribution in [3.8, 4) is 0 Å². The highest BCUT2D eigenvalue weighted by molar-refractivity contribution is 6.14. The van der Waals surface area contributed by atoms with E-state index in [0.29, 0.717) is 0 Å². The molecule has 2 nitrogen and oxygen atoms in total. The van der Waals surface area contributed by atoms with Gasteiger partial charge in [-0.2, -0.15) is 11.8 Å². The fraction of sp³-hybridized carbons (Fsp3) is 0. The zero-order valence-electron chi connectivity index (χ0n) is 6.70. The Morgan fingerprint density at radius 1 is 1.58 bits per heavy atom. The van der Waals surface area contributed by atoms with Gasteiger partial charge >= 0.3 is 0 Å². The standard InChI is InChI=1S/C10H10N2/c11-6-5-8-7-12-10-4-2-1-3-9(8)10/h1-7H,11H3/q-2. The van der Waals surface area contributed by atoms with Gasteiger partial charge in [0.1, 0.15) is 0 Å². The predicted octanol–water partition coefficient (Wildman–Crippen LogP) is 0.633. The third kappa shape index (κ3) is 1.02. The van der Waals surface area contributed by atoms with Gasteiger partial charge in [-0.25, -0.2) is 6.54 Å². The molecule has 0 aromatic heterocycles. The lowest BCUT2D eigenvalue weighted by Gasteiger charge is -2.36. The summed E-state index contributed by atoms with van der Waals surface area (Å²) in [6.45, 7) is 3.65. The summed E-state index contributed by atoms with van der Waals surface area (Å²) in [7, 11) is 0. The monoisotopic (exact) mass is 158 g/mol. The van der Waals surface area contributed by atoms with Gasteiger partial charge in [0.2, 0.25) is 0 Å². The van der Waals surface area contributed by atoms with Crippen molar-refractivity contribution in [3.63, 3.8) is 0 Å². The predicted molar refractivity (Wildman–Crippen MR) is 48.5 cm³/mol. The quantitative estimate of drug-likeness (QED) is 0.544. The van der Waals surface area contributed by atoms with Crippen molar-refractivity contribution in [2.45, 2.75) is 0 Å². The molecule has 12 heavy (non-hydrogen) atoms. The summed E-state index contributed by atoms with van der Waals surface area (Å²) in [5, 5.41) is 0. The third-order valence-corrected chi connectivity index (χ3v) is 1.86. The molecule has 2 rings (SSSR count). The van der Waals surface area contributed by atoms with Crippen LogP contribution >= 0.6 is 0 Å². The van der Waals surface area contributed by atoms with Gasteiger partial charge in [0, 0.05) is 0 Å². The van der Waals surface area contributed by atoms with Crippen molar-refractivity contribution >= 4 is 5.71 Å². The lowest BCUT2D eigenvalue weighted by atomic mass is 9.93. The van der Waals surface area contributed by atoms with Crippen molar-refractivity contribution in [1.29, 1.82) is 0 Å². The molecule has 1 aliphatic heterocycles. The molecule has 0 atom stereocenters. The maximum absolute atomic E-state index is 4.26. The molecule has 0 spiro atoms. The van der Waals surface area contributed by atoms with E-state index in [2.05, 4.69) is 16.8 Å². The normalized spacial score (nSPS) is 22.2. The number of quaternary nitrogens is 1. The molecule has 1 heterocycles. The van der Waals surface area contributed by atoms with Crippen LogP contribution in [0.4, 0.5) is 0 Å². The molecule has 1 aliphatic carbocycles. The largest absolute Gasteiger partial charge is 0.483 e. The van der Waals surface area contributed by atoms with Crippen molar-refractivity contribution < 1.29 is 5.73 Å². The van der Waals surface area contributed by atoms with Gasteiger partial charge in [-0.05, 0) is 0 Å². The highest BCUT2D eigenvalue weighted by Crippen LogP contribution is 2.29. The first-order chi connectivity index (χ1) is 5.92. The minimum absolute atomic E-state index is 1.05.